The lowest BCUT2D eigenvalue weighted by molar-refractivity contribution is 0.172. The lowest BCUT2D eigenvalue weighted by Crippen LogP contribution is -1.92. The average Bonchev–Trinajstić information content (AvgIpc) is 2.62. The van der Waals surface area contributed by atoms with E-state index in [1.807, 2.05) is 17.5 Å². The zero-order chi connectivity index (χ0) is 9.68. The first kappa shape index (κ1) is 10.3. The summed E-state index contributed by atoms with van der Waals surface area (Å²) >= 11 is 1.52. The molecule has 1 aromatic rings. The summed E-state index contributed by atoms with van der Waals surface area (Å²) in [7, 11) is 1.63. The van der Waals surface area contributed by atoms with Gasteiger partial charge in [-0.05, 0) is 18.9 Å². The largest absolute Gasteiger partial charge is 0.496 e. The van der Waals surface area contributed by atoms with Gasteiger partial charge in [0, 0.05) is 10.3 Å². The SMILES string of the molecule is C=CCCC(O)c1cc(OC)cs1. The monoisotopic (exact) mass is 198 g/mol. The molecule has 0 saturated heterocycles. The molecule has 0 amide bonds. The third-order valence-corrected chi connectivity index (χ3v) is 2.82. The van der Waals surface area contributed by atoms with E-state index in [1.165, 1.54) is 11.3 Å². The van der Waals surface area contributed by atoms with E-state index in [0.717, 1.165) is 23.5 Å². The Morgan fingerprint density at radius 1 is 1.77 bits per heavy atom. The summed E-state index contributed by atoms with van der Waals surface area (Å²) in [5.74, 6) is 0.817. The normalized spacial score (nSPS) is 12.5. The van der Waals surface area contributed by atoms with Gasteiger partial charge in [-0.25, -0.2) is 0 Å². The highest BCUT2D eigenvalue weighted by atomic mass is 32.1. The van der Waals surface area contributed by atoms with Gasteiger partial charge in [0.15, 0.2) is 0 Å². The van der Waals surface area contributed by atoms with Crippen molar-refractivity contribution in [3.63, 3.8) is 0 Å². The van der Waals surface area contributed by atoms with Gasteiger partial charge in [-0.1, -0.05) is 6.08 Å². The van der Waals surface area contributed by atoms with Crippen LogP contribution in [0.5, 0.6) is 5.75 Å². The molecule has 13 heavy (non-hydrogen) atoms. The molecule has 1 unspecified atom stereocenters. The summed E-state index contributed by atoms with van der Waals surface area (Å²) in [5, 5.41) is 11.6. The van der Waals surface area contributed by atoms with Gasteiger partial charge in [-0.2, -0.15) is 0 Å². The molecule has 0 spiro atoms. The molecule has 0 aromatic carbocycles. The van der Waals surface area contributed by atoms with Crippen molar-refractivity contribution >= 4 is 11.3 Å². The Morgan fingerprint density at radius 2 is 2.54 bits per heavy atom. The van der Waals surface area contributed by atoms with Crippen LogP contribution in [-0.2, 0) is 0 Å². The molecule has 1 aromatic heterocycles. The Labute approximate surface area is 82.5 Å². The zero-order valence-electron chi connectivity index (χ0n) is 7.69. The first-order chi connectivity index (χ1) is 6.27. The zero-order valence-corrected chi connectivity index (χ0v) is 8.51. The van der Waals surface area contributed by atoms with Crippen LogP contribution in [0, 0.1) is 0 Å². The van der Waals surface area contributed by atoms with Gasteiger partial charge in [0.2, 0.25) is 0 Å². The number of hydrogen-bond donors (Lipinski definition) is 1. The lowest BCUT2D eigenvalue weighted by Gasteiger charge is -2.04. The standard InChI is InChI=1S/C10H14O2S/c1-3-4-5-9(11)10-6-8(12-2)7-13-10/h3,6-7,9,11H,1,4-5H2,2H3. The minimum atomic E-state index is -0.383. The van der Waals surface area contributed by atoms with E-state index >= 15 is 0 Å². The van der Waals surface area contributed by atoms with E-state index in [2.05, 4.69) is 6.58 Å². The second kappa shape index (κ2) is 5.04. The number of ether oxygens (including phenoxy) is 1. The van der Waals surface area contributed by atoms with E-state index < -0.39 is 0 Å². The average molecular weight is 198 g/mol. The molecule has 0 aliphatic carbocycles. The summed E-state index contributed by atoms with van der Waals surface area (Å²) in [6, 6.07) is 1.87. The number of hydrogen-bond acceptors (Lipinski definition) is 3. The van der Waals surface area contributed by atoms with Gasteiger partial charge in [-0.15, -0.1) is 17.9 Å². The van der Waals surface area contributed by atoms with Gasteiger partial charge in [0.25, 0.3) is 0 Å². The van der Waals surface area contributed by atoms with E-state index in [4.69, 9.17) is 4.74 Å². The Balaban J connectivity index is 2.54. The highest BCUT2D eigenvalue weighted by Crippen LogP contribution is 2.29. The molecule has 0 aliphatic heterocycles. The van der Waals surface area contributed by atoms with Crippen molar-refractivity contribution in [1.29, 1.82) is 0 Å². The van der Waals surface area contributed by atoms with Crippen LogP contribution in [0.2, 0.25) is 0 Å². The minimum absolute atomic E-state index is 0.383. The summed E-state index contributed by atoms with van der Waals surface area (Å²) in [5.41, 5.74) is 0. The molecule has 0 bridgehead atoms. The van der Waals surface area contributed by atoms with Gasteiger partial charge >= 0.3 is 0 Å². The molecular formula is C10H14O2S. The van der Waals surface area contributed by atoms with Crippen LogP contribution in [0.25, 0.3) is 0 Å². The maximum absolute atomic E-state index is 9.67. The molecule has 72 valence electrons. The van der Waals surface area contributed by atoms with Gasteiger partial charge in [-0.3, -0.25) is 0 Å². The van der Waals surface area contributed by atoms with Crippen molar-refractivity contribution in [3.05, 3.63) is 29.0 Å². The third-order valence-electron chi connectivity index (χ3n) is 1.80. The van der Waals surface area contributed by atoms with Crippen molar-refractivity contribution in [2.75, 3.05) is 7.11 Å². The van der Waals surface area contributed by atoms with Crippen LogP contribution in [0.15, 0.2) is 24.1 Å². The summed E-state index contributed by atoms with van der Waals surface area (Å²) < 4.78 is 5.03. The topological polar surface area (TPSA) is 29.5 Å². The second-order valence-electron chi connectivity index (χ2n) is 2.77. The molecule has 0 fully saturated rings. The highest BCUT2D eigenvalue weighted by Gasteiger charge is 2.09. The summed E-state index contributed by atoms with van der Waals surface area (Å²) in [6.45, 7) is 3.62. The summed E-state index contributed by atoms with van der Waals surface area (Å²) in [4.78, 5) is 0.957. The van der Waals surface area contributed by atoms with Crippen LogP contribution in [-0.4, -0.2) is 12.2 Å². The Bertz CT molecular complexity index is 268. The van der Waals surface area contributed by atoms with Gasteiger partial charge in [0.05, 0.1) is 13.2 Å². The van der Waals surface area contributed by atoms with Crippen molar-refractivity contribution < 1.29 is 9.84 Å². The van der Waals surface area contributed by atoms with Crippen LogP contribution in [0.1, 0.15) is 23.8 Å². The number of aliphatic hydroxyl groups is 1. The first-order valence-corrected chi connectivity index (χ1v) is 5.07. The number of aliphatic hydroxyl groups excluding tert-OH is 1. The van der Waals surface area contributed by atoms with Gasteiger partial charge < -0.3 is 9.84 Å². The number of methoxy groups -OCH3 is 1. The van der Waals surface area contributed by atoms with Crippen LogP contribution in [0.3, 0.4) is 0 Å². The van der Waals surface area contributed by atoms with Crippen LogP contribution >= 0.6 is 11.3 Å². The molecule has 1 rings (SSSR count). The maximum Gasteiger partial charge on any atom is 0.129 e. The second-order valence-corrected chi connectivity index (χ2v) is 3.71. The Kier molecular flexibility index (Phi) is 3.99. The molecule has 0 aliphatic rings. The van der Waals surface area contributed by atoms with Crippen LogP contribution in [0.4, 0.5) is 0 Å². The number of rotatable bonds is 5. The minimum Gasteiger partial charge on any atom is -0.496 e. The fraction of sp³-hybridized carbons (Fsp3) is 0.400. The third kappa shape index (κ3) is 2.86. The smallest absolute Gasteiger partial charge is 0.129 e. The molecular weight excluding hydrogens is 184 g/mol. The van der Waals surface area contributed by atoms with E-state index in [1.54, 1.807) is 7.11 Å². The molecule has 1 heterocycles. The van der Waals surface area contributed by atoms with Gasteiger partial charge in [0.1, 0.15) is 5.75 Å². The van der Waals surface area contributed by atoms with E-state index in [9.17, 15) is 5.11 Å². The lowest BCUT2D eigenvalue weighted by atomic mass is 10.1. The van der Waals surface area contributed by atoms with Crippen molar-refractivity contribution in [1.82, 2.24) is 0 Å². The summed E-state index contributed by atoms with van der Waals surface area (Å²) in [6.07, 6.45) is 3.00. The molecule has 1 atom stereocenters. The fourth-order valence-corrected chi connectivity index (χ4v) is 1.91. The molecule has 0 saturated carbocycles. The van der Waals surface area contributed by atoms with Crippen molar-refractivity contribution in [3.8, 4) is 5.75 Å². The Hall–Kier alpha value is -0.800. The van der Waals surface area contributed by atoms with Crippen molar-refractivity contribution in [2.45, 2.75) is 18.9 Å². The number of thiophene rings is 1. The number of allylic oxidation sites excluding steroid dienone is 1. The Morgan fingerprint density at radius 3 is 3.08 bits per heavy atom. The highest BCUT2D eigenvalue weighted by molar-refractivity contribution is 7.10. The fourth-order valence-electron chi connectivity index (χ4n) is 1.03. The van der Waals surface area contributed by atoms with E-state index in [0.29, 0.717) is 0 Å². The first-order valence-electron chi connectivity index (χ1n) is 4.19. The predicted molar refractivity (Wildman–Crippen MR) is 55.3 cm³/mol. The maximum atomic E-state index is 9.67. The van der Waals surface area contributed by atoms with E-state index in [-0.39, 0.29) is 6.10 Å². The molecule has 3 heteroatoms. The molecule has 0 radical (unpaired) electrons. The predicted octanol–water partition coefficient (Wildman–Crippen LogP) is 2.76. The quantitative estimate of drug-likeness (QED) is 0.737. The molecule has 1 N–H and O–H groups in total. The van der Waals surface area contributed by atoms with Crippen LogP contribution < -0.4 is 4.74 Å². The molecule has 2 nitrogen and oxygen atoms in total. The van der Waals surface area contributed by atoms with Crippen molar-refractivity contribution in [2.24, 2.45) is 0 Å².